The number of aromatic nitrogens is 1. The van der Waals surface area contributed by atoms with Gasteiger partial charge < -0.3 is 10.5 Å². The van der Waals surface area contributed by atoms with Crippen LogP contribution in [0.2, 0.25) is 0 Å². The first kappa shape index (κ1) is 13.7. The predicted molar refractivity (Wildman–Crippen MR) is 70.5 cm³/mol. The monoisotopic (exact) mass is 335 g/mol. The summed E-state index contributed by atoms with van der Waals surface area (Å²) in [7, 11) is -3.64. The van der Waals surface area contributed by atoms with E-state index in [-0.39, 0.29) is 16.8 Å². The van der Waals surface area contributed by atoms with E-state index in [1.165, 1.54) is 12.3 Å². The van der Waals surface area contributed by atoms with E-state index in [1.807, 2.05) is 0 Å². The third-order valence-electron chi connectivity index (χ3n) is 2.68. The van der Waals surface area contributed by atoms with E-state index in [2.05, 4.69) is 25.6 Å². The predicted octanol–water partition coefficient (Wildman–Crippen LogP) is 0.884. The number of nitrogens with two attached hydrogens (primary N) is 1. The maximum absolute atomic E-state index is 12.2. The van der Waals surface area contributed by atoms with Crippen molar-refractivity contribution in [2.75, 3.05) is 18.9 Å². The van der Waals surface area contributed by atoms with Crippen LogP contribution < -0.4 is 10.5 Å². The van der Waals surface area contributed by atoms with Gasteiger partial charge in [-0.2, -0.15) is 0 Å². The fraction of sp³-hybridized carbons (Fsp3) is 0.500. The van der Waals surface area contributed by atoms with Crippen LogP contribution >= 0.6 is 15.9 Å². The lowest BCUT2D eigenvalue weighted by Gasteiger charge is -2.23. The van der Waals surface area contributed by atoms with Crippen molar-refractivity contribution in [3.05, 3.63) is 16.7 Å². The molecule has 0 saturated carbocycles. The van der Waals surface area contributed by atoms with Gasteiger partial charge in [0.15, 0.2) is 0 Å². The number of rotatable bonds is 3. The smallest absolute Gasteiger partial charge is 0.244 e. The number of ether oxygens (including phenoxy) is 1. The van der Waals surface area contributed by atoms with Crippen LogP contribution in [0.25, 0.3) is 0 Å². The zero-order valence-corrected chi connectivity index (χ0v) is 12.0. The third kappa shape index (κ3) is 3.19. The lowest BCUT2D eigenvalue weighted by molar-refractivity contribution is 0.0832. The Morgan fingerprint density at radius 1 is 1.44 bits per heavy atom. The van der Waals surface area contributed by atoms with Crippen LogP contribution in [-0.2, 0) is 14.8 Å². The Hall–Kier alpha value is -0.700. The number of nitrogens with zero attached hydrogens (tertiary/aromatic N) is 1. The molecule has 1 fully saturated rings. The average Bonchev–Trinajstić information content (AvgIpc) is 2.33. The topological polar surface area (TPSA) is 94.3 Å². The second-order valence-electron chi connectivity index (χ2n) is 4.04. The van der Waals surface area contributed by atoms with Gasteiger partial charge in [0.1, 0.15) is 10.7 Å². The highest BCUT2D eigenvalue weighted by Crippen LogP contribution is 2.21. The molecule has 100 valence electrons. The van der Waals surface area contributed by atoms with Crippen molar-refractivity contribution < 1.29 is 13.2 Å². The molecule has 1 saturated heterocycles. The molecule has 0 radical (unpaired) electrons. The summed E-state index contributed by atoms with van der Waals surface area (Å²) in [4.78, 5) is 3.83. The molecule has 1 aromatic rings. The quantitative estimate of drug-likeness (QED) is 0.855. The molecule has 6 nitrogen and oxygen atoms in total. The molecule has 18 heavy (non-hydrogen) atoms. The fourth-order valence-electron chi connectivity index (χ4n) is 1.74. The summed E-state index contributed by atoms with van der Waals surface area (Å²) in [5, 5.41) is 0. The Morgan fingerprint density at radius 3 is 2.78 bits per heavy atom. The summed E-state index contributed by atoms with van der Waals surface area (Å²) in [6, 6.07) is 1.34. The number of halogens is 1. The Kier molecular flexibility index (Phi) is 4.21. The largest absolute Gasteiger partial charge is 0.383 e. The molecule has 0 spiro atoms. The van der Waals surface area contributed by atoms with Crippen molar-refractivity contribution in [1.82, 2.24) is 9.71 Å². The summed E-state index contributed by atoms with van der Waals surface area (Å²) >= 11 is 3.18. The van der Waals surface area contributed by atoms with E-state index >= 15 is 0 Å². The van der Waals surface area contributed by atoms with E-state index in [0.29, 0.717) is 30.5 Å². The van der Waals surface area contributed by atoms with Crippen molar-refractivity contribution in [2.24, 2.45) is 0 Å². The molecule has 3 N–H and O–H groups in total. The average molecular weight is 336 g/mol. The highest BCUT2D eigenvalue weighted by Gasteiger charge is 2.24. The van der Waals surface area contributed by atoms with Gasteiger partial charge in [0, 0.05) is 29.9 Å². The molecule has 1 aliphatic heterocycles. The van der Waals surface area contributed by atoms with Crippen molar-refractivity contribution in [1.29, 1.82) is 0 Å². The zero-order chi connectivity index (χ0) is 13.2. The first-order chi connectivity index (χ1) is 8.49. The molecule has 0 aliphatic carbocycles. The van der Waals surface area contributed by atoms with Gasteiger partial charge >= 0.3 is 0 Å². The molecule has 1 aliphatic rings. The summed E-state index contributed by atoms with van der Waals surface area (Å²) < 4.78 is 32.7. The van der Waals surface area contributed by atoms with Gasteiger partial charge in [-0.15, -0.1) is 0 Å². The number of hydrogen-bond donors (Lipinski definition) is 2. The lowest BCUT2D eigenvalue weighted by atomic mass is 10.1. The molecule has 0 unspecified atom stereocenters. The molecule has 2 heterocycles. The maximum atomic E-state index is 12.2. The number of nitrogens with one attached hydrogen (secondary N) is 1. The number of nitrogen functional groups attached to an aromatic ring is 1. The van der Waals surface area contributed by atoms with Gasteiger partial charge in [0.05, 0.1) is 0 Å². The highest BCUT2D eigenvalue weighted by atomic mass is 79.9. The van der Waals surface area contributed by atoms with E-state index in [9.17, 15) is 8.42 Å². The lowest BCUT2D eigenvalue weighted by Crippen LogP contribution is -2.39. The third-order valence-corrected chi connectivity index (χ3v) is 4.66. The van der Waals surface area contributed by atoms with E-state index in [1.54, 1.807) is 0 Å². The van der Waals surface area contributed by atoms with Crippen LogP contribution in [0.1, 0.15) is 12.8 Å². The standard InChI is InChI=1S/C10H14BrN3O3S/c11-7-5-9(10(12)13-6-7)18(15,16)14-8-1-3-17-4-2-8/h5-6,8,14H,1-4H2,(H2,12,13). The van der Waals surface area contributed by atoms with Gasteiger partial charge in [0.2, 0.25) is 10.0 Å². The van der Waals surface area contributed by atoms with Crippen molar-refractivity contribution in [2.45, 2.75) is 23.8 Å². The van der Waals surface area contributed by atoms with Crippen molar-refractivity contribution >= 4 is 31.8 Å². The summed E-state index contributed by atoms with van der Waals surface area (Å²) in [6.07, 6.45) is 2.80. The fourth-order valence-corrected chi connectivity index (χ4v) is 3.64. The number of anilines is 1. The molecule has 0 aromatic carbocycles. The minimum absolute atomic E-state index is 0.00207. The van der Waals surface area contributed by atoms with Crippen LogP contribution in [0.5, 0.6) is 0 Å². The maximum Gasteiger partial charge on any atom is 0.244 e. The SMILES string of the molecule is Nc1ncc(Br)cc1S(=O)(=O)NC1CCOCC1. The van der Waals surface area contributed by atoms with Crippen LogP contribution in [0.3, 0.4) is 0 Å². The molecular formula is C10H14BrN3O3S. The normalized spacial score (nSPS) is 17.8. The van der Waals surface area contributed by atoms with Crippen molar-refractivity contribution in [3.63, 3.8) is 0 Å². The molecule has 0 atom stereocenters. The first-order valence-corrected chi connectivity index (χ1v) is 7.78. The summed E-state index contributed by atoms with van der Waals surface area (Å²) in [6.45, 7) is 1.14. The van der Waals surface area contributed by atoms with Gasteiger partial charge in [-0.1, -0.05) is 0 Å². The highest BCUT2D eigenvalue weighted by molar-refractivity contribution is 9.10. The molecule has 8 heteroatoms. The number of pyridine rings is 1. The Bertz CT molecular complexity index is 529. The molecular weight excluding hydrogens is 322 g/mol. The Balaban J connectivity index is 2.21. The van der Waals surface area contributed by atoms with Crippen LogP contribution in [0.4, 0.5) is 5.82 Å². The van der Waals surface area contributed by atoms with Crippen LogP contribution in [-0.4, -0.2) is 32.7 Å². The van der Waals surface area contributed by atoms with Crippen LogP contribution in [0.15, 0.2) is 21.6 Å². The molecule has 0 amide bonds. The molecule has 1 aromatic heterocycles. The second-order valence-corrected chi connectivity index (χ2v) is 6.64. The van der Waals surface area contributed by atoms with Gasteiger partial charge in [-0.25, -0.2) is 18.1 Å². The number of sulfonamides is 1. The van der Waals surface area contributed by atoms with Gasteiger partial charge in [-0.05, 0) is 34.8 Å². The molecule has 0 bridgehead atoms. The van der Waals surface area contributed by atoms with E-state index in [0.717, 1.165) is 0 Å². The minimum atomic E-state index is -3.64. The van der Waals surface area contributed by atoms with E-state index < -0.39 is 10.0 Å². The molecule has 2 rings (SSSR count). The summed E-state index contributed by atoms with van der Waals surface area (Å²) in [5.41, 5.74) is 5.60. The van der Waals surface area contributed by atoms with Gasteiger partial charge in [-0.3, -0.25) is 0 Å². The van der Waals surface area contributed by atoms with E-state index in [4.69, 9.17) is 10.5 Å². The minimum Gasteiger partial charge on any atom is -0.383 e. The number of hydrogen-bond acceptors (Lipinski definition) is 5. The van der Waals surface area contributed by atoms with Crippen LogP contribution in [0, 0.1) is 0 Å². The van der Waals surface area contributed by atoms with Gasteiger partial charge in [0.25, 0.3) is 0 Å². The zero-order valence-electron chi connectivity index (χ0n) is 9.60. The Morgan fingerprint density at radius 2 is 2.11 bits per heavy atom. The Labute approximate surface area is 114 Å². The first-order valence-electron chi connectivity index (χ1n) is 5.50. The summed E-state index contributed by atoms with van der Waals surface area (Å²) in [5.74, 6) is -0.00207. The second kappa shape index (κ2) is 5.52. The van der Waals surface area contributed by atoms with Crippen molar-refractivity contribution in [3.8, 4) is 0 Å².